The molecular weight excluding hydrogens is 380 g/mol. The maximum absolute atomic E-state index is 12.7. The van der Waals surface area contributed by atoms with Crippen molar-refractivity contribution in [3.8, 4) is 0 Å². The van der Waals surface area contributed by atoms with Gasteiger partial charge in [0.2, 0.25) is 5.91 Å². The zero-order valence-electron chi connectivity index (χ0n) is 16.8. The van der Waals surface area contributed by atoms with Gasteiger partial charge in [0.25, 0.3) is 0 Å². The maximum atomic E-state index is 12.7. The third kappa shape index (κ3) is 7.10. The molecular formula is C20H26N2O7. The molecule has 2 amide bonds. The van der Waals surface area contributed by atoms with Crippen LogP contribution in [0.1, 0.15) is 32.8 Å². The van der Waals surface area contributed by atoms with Crippen molar-refractivity contribution < 1.29 is 33.4 Å². The Balaban J connectivity index is 2.14. The summed E-state index contributed by atoms with van der Waals surface area (Å²) in [5, 5.41) is 2.71. The molecule has 9 nitrogen and oxygen atoms in total. The van der Waals surface area contributed by atoms with E-state index in [0.29, 0.717) is 0 Å². The molecule has 0 bridgehead atoms. The van der Waals surface area contributed by atoms with Gasteiger partial charge < -0.3 is 19.5 Å². The van der Waals surface area contributed by atoms with Crippen LogP contribution in [0.5, 0.6) is 0 Å². The molecule has 1 aliphatic rings. The first kappa shape index (κ1) is 22.2. The van der Waals surface area contributed by atoms with E-state index in [4.69, 9.17) is 14.2 Å². The van der Waals surface area contributed by atoms with Crippen molar-refractivity contribution in [2.75, 3.05) is 13.2 Å². The molecule has 1 fully saturated rings. The lowest BCUT2D eigenvalue weighted by molar-refractivity contribution is -0.155. The second-order valence-electron chi connectivity index (χ2n) is 6.84. The molecule has 1 aromatic carbocycles. The normalized spacial score (nSPS) is 21.1. The maximum Gasteiger partial charge on any atom is 0.410 e. The highest BCUT2D eigenvalue weighted by atomic mass is 16.6. The lowest BCUT2D eigenvalue weighted by Gasteiger charge is -2.42. The molecule has 0 spiro atoms. The standard InChI is InChI=1S/C20H26N2O7/c1-13(23)21-18-10-22(20(26)28-11-16-7-5-4-6-8-16)17(12-27-14(2)24)9-19(18)29-15(3)25/h4-8,17-19H,9-12H2,1-3H3,(H,21,23)/t17-,18-,19+/m0/s1. The molecule has 1 saturated heterocycles. The molecule has 0 radical (unpaired) electrons. The van der Waals surface area contributed by atoms with Gasteiger partial charge in [-0.15, -0.1) is 0 Å². The number of nitrogens with zero attached hydrogens (tertiary/aromatic N) is 1. The fourth-order valence-electron chi connectivity index (χ4n) is 3.18. The number of esters is 2. The Labute approximate surface area is 169 Å². The van der Waals surface area contributed by atoms with E-state index in [1.54, 1.807) is 0 Å². The van der Waals surface area contributed by atoms with Crippen LogP contribution >= 0.6 is 0 Å². The smallest absolute Gasteiger partial charge is 0.410 e. The summed E-state index contributed by atoms with van der Waals surface area (Å²) in [5.74, 6) is -1.31. The van der Waals surface area contributed by atoms with Gasteiger partial charge in [0.05, 0.1) is 12.1 Å². The minimum atomic E-state index is -0.657. The van der Waals surface area contributed by atoms with Crippen LogP contribution in [-0.2, 0) is 35.2 Å². The first-order valence-electron chi connectivity index (χ1n) is 9.31. The molecule has 29 heavy (non-hydrogen) atoms. The van der Waals surface area contributed by atoms with Crippen LogP contribution in [0.4, 0.5) is 4.79 Å². The highest BCUT2D eigenvalue weighted by molar-refractivity contribution is 5.74. The van der Waals surface area contributed by atoms with Crippen molar-refractivity contribution >= 4 is 23.9 Å². The summed E-state index contributed by atoms with van der Waals surface area (Å²) in [6, 6.07) is 8.03. The molecule has 9 heteroatoms. The van der Waals surface area contributed by atoms with Crippen LogP contribution in [0.25, 0.3) is 0 Å². The molecule has 2 rings (SSSR count). The second kappa shape index (κ2) is 10.4. The van der Waals surface area contributed by atoms with Crippen LogP contribution in [0.2, 0.25) is 0 Å². The number of hydrogen-bond donors (Lipinski definition) is 1. The molecule has 1 heterocycles. The fourth-order valence-corrected chi connectivity index (χ4v) is 3.18. The number of carbonyl (C=O) groups is 4. The van der Waals surface area contributed by atoms with Gasteiger partial charge in [-0.2, -0.15) is 0 Å². The summed E-state index contributed by atoms with van der Waals surface area (Å²) in [7, 11) is 0. The lowest BCUT2D eigenvalue weighted by Crippen LogP contribution is -2.61. The van der Waals surface area contributed by atoms with Crippen LogP contribution in [0.15, 0.2) is 30.3 Å². The summed E-state index contributed by atoms with van der Waals surface area (Å²) < 4.78 is 15.8. The topological polar surface area (TPSA) is 111 Å². The number of rotatable bonds is 6. The number of nitrogens with one attached hydrogen (secondary N) is 1. The molecule has 1 aromatic rings. The SMILES string of the molecule is CC(=O)N[C@H]1CN(C(=O)OCc2ccccc2)[C@H](COC(C)=O)C[C@H]1OC(C)=O. The van der Waals surface area contributed by atoms with Crippen LogP contribution in [0, 0.1) is 0 Å². The molecule has 0 aromatic heterocycles. The summed E-state index contributed by atoms with van der Waals surface area (Å²) in [4.78, 5) is 48.4. The van der Waals surface area contributed by atoms with E-state index in [-0.39, 0.29) is 32.1 Å². The summed E-state index contributed by atoms with van der Waals surface area (Å²) in [5.41, 5.74) is 0.825. The van der Waals surface area contributed by atoms with E-state index in [0.717, 1.165) is 5.56 Å². The Morgan fingerprint density at radius 2 is 1.72 bits per heavy atom. The van der Waals surface area contributed by atoms with Crippen molar-refractivity contribution in [3.05, 3.63) is 35.9 Å². The number of carbonyl (C=O) groups excluding carboxylic acids is 4. The highest BCUT2D eigenvalue weighted by Crippen LogP contribution is 2.23. The van der Waals surface area contributed by atoms with Crippen LogP contribution < -0.4 is 5.32 Å². The average molecular weight is 406 g/mol. The van der Waals surface area contributed by atoms with Gasteiger partial charge in [0.1, 0.15) is 19.3 Å². The monoisotopic (exact) mass is 406 g/mol. The first-order valence-corrected chi connectivity index (χ1v) is 9.31. The number of amides is 2. The Morgan fingerprint density at radius 3 is 2.31 bits per heavy atom. The summed E-state index contributed by atoms with van der Waals surface area (Å²) in [6.07, 6.45) is -1.07. The van der Waals surface area contributed by atoms with E-state index in [2.05, 4.69) is 5.32 Å². The Bertz CT molecular complexity index is 738. The van der Waals surface area contributed by atoms with Gasteiger partial charge in [-0.3, -0.25) is 19.3 Å². The van der Waals surface area contributed by atoms with Crippen LogP contribution in [-0.4, -0.2) is 60.2 Å². The van der Waals surface area contributed by atoms with E-state index in [9.17, 15) is 19.2 Å². The highest BCUT2D eigenvalue weighted by Gasteiger charge is 2.41. The van der Waals surface area contributed by atoms with Gasteiger partial charge in [0, 0.05) is 33.7 Å². The zero-order valence-corrected chi connectivity index (χ0v) is 16.8. The number of likely N-dealkylation sites (tertiary alicyclic amines) is 1. The van der Waals surface area contributed by atoms with Gasteiger partial charge in [-0.05, 0) is 5.56 Å². The predicted molar refractivity (Wildman–Crippen MR) is 102 cm³/mol. The Morgan fingerprint density at radius 1 is 1.03 bits per heavy atom. The van der Waals surface area contributed by atoms with Gasteiger partial charge in [-0.25, -0.2) is 4.79 Å². The molecule has 0 aliphatic carbocycles. The van der Waals surface area contributed by atoms with Crippen molar-refractivity contribution in [1.82, 2.24) is 10.2 Å². The molecule has 0 saturated carbocycles. The van der Waals surface area contributed by atoms with Crippen molar-refractivity contribution in [1.29, 1.82) is 0 Å². The van der Waals surface area contributed by atoms with E-state index < -0.39 is 36.2 Å². The number of hydrogen-bond acceptors (Lipinski definition) is 7. The minimum Gasteiger partial charge on any atom is -0.464 e. The van der Waals surface area contributed by atoms with Gasteiger partial charge in [-0.1, -0.05) is 30.3 Å². The summed E-state index contributed by atoms with van der Waals surface area (Å²) in [6.45, 7) is 3.94. The molecule has 158 valence electrons. The number of benzene rings is 1. The van der Waals surface area contributed by atoms with E-state index in [1.165, 1.54) is 25.7 Å². The zero-order chi connectivity index (χ0) is 21.4. The Hall–Kier alpha value is -3.10. The fraction of sp³-hybridized carbons (Fsp3) is 0.500. The van der Waals surface area contributed by atoms with Gasteiger partial charge >= 0.3 is 18.0 Å². The number of piperidine rings is 1. The van der Waals surface area contributed by atoms with Crippen molar-refractivity contribution in [2.24, 2.45) is 0 Å². The first-order chi connectivity index (χ1) is 13.8. The molecule has 0 unspecified atom stereocenters. The lowest BCUT2D eigenvalue weighted by atomic mass is 9.95. The van der Waals surface area contributed by atoms with Crippen molar-refractivity contribution in [3.63, 3.8) is 0 Å². The third-order valence-corrected chi connectivity index (χ3v) is 4.41. The third-order valence-electron chi connectivity index (χ3n) is 4.41. The van der Waals surface area contributed by atoms with E-state index >= 15 is 0 Å². The summed E-state index contributed by atoms with van der Waals surface area (Å²) >= 11 is 0. The van der Waals surface area contributed by atoms with Gasteiger partial charge in [0.15, 0.2) is 0 Å². The predicted octanol–water partition coefficient (Wildman–Crippen LogP) is 1.40. The second-order valence-corrected chi connectivity index (χ2v) is 6.84. The van der Waals surface area contributed by atoms with Crippen LogP contribution in [0.3, 0.4) is 0 Å². The largest absolute Gasteiger partial charge is 0.464 e. The minimum absolute atomic E-state index is 0.0527. The molecule has 1 N–H and O–H groups in total. The Kier molecular flexibility index (Phi) is 7.99. The average Bonchev–Trinajstić information content (AvgIpc) is 2.65. The van der Waals surface area contributed by atoms with Crippen molar-refractivity contribution in [2.45, 2.75) is 52.0 Å². The molecule has 3 atom stereocenters. The molecule has 1 aliphatic heterocycles. The van der Waals surface area contributed by atoms with E-state index in [1.807, 2.05) is 30.3 Å². The quantitative estimate of drug-likeness (QED) is 0.561. The number of ether oxygens (including phenoxy) is 3.